The minimum absolute atomic E-state index is 0.0148. The Morgan fingerprint density at radius 1 is 1.30 bits per heavy atom. The molecular formula is C16H21FN2S. The number of nitrogens with zero attached hydrogens (tertiary/aromatic N) is 1. The molecule has 0 aliphatic rings. The van der Waals surface area contributed by atoms with Gasteiger partial charge in [0.15, 0.2) is 0 Å². The number of benzene rings is 1. The molecule has 0 saturated carbocycles. The quantitative estimate of drug-likeness (QED) is 0.903. The van der Waals surface area contributed by atoms with E-state index in [4.69, 9.17) is 5.73 Å². The summed E-state index contributed by atoms with van der Waals surface area (Å²) in [6.45, 7) is 4.10. The zero-order valence-electron chi connectivity index (χ0n) is 12.1. The molecule has 2 aromatic rings. The van der Waals surface area contributed by atoms with Crippen molar-refractivity contribution in [2.45, 2.75) is 32.4 Å². The number of rotatable bonds is 5. The van der Waals surface area contributed by atoms with Gasteiger partial charge in [0.2, 0.25) is 0 Å². The van der Waals surface area contributed by atoms with Crippen molar-refractivity contribution in [2.75, 3.05) is 11.9 Å². The van der Waals surface area contributed by atoms with Crippen LogP contribution in [0.3, 0.4) is 0 Å². The maximum atomic E-state index is 13.5. The topological polar surface area (TPSA) is 29.3 Å². The normalized spacial score (nSPS) is 14.1. The average molecular weight is 292 g/mol. The molecule has 1 heterocycles. The van der Waals surface area contributed by atoms with Gasteiger partial charge >= 0.3 is 0 Å². The molecule has 2 N–H and O–H groups in total. The second-order valence-corrected chi connectivity index (χ2v) is 6.24. The van der Waals surface area contributed by atoms with Crippen LogP contribution in [0.1, 0.15) is 30.3 Å². The lowest BCUT2D eigenvalue weighted by molar-refractivity contribution is 0.621. The molecule has 2 unspecified atom stereocenters. The fourth-order valence-corrected chi connectivity index (χ4v) is 3.16. The van der Waals surface area contributed by atoms with E-state index in [1.54, 1.807) is 17.4 Å². The highest BCUT2D eigenvalue weighted by molar-refractivity contribution is 7.10. The highest BCUT2D eigenvalue weighted by Gasteiger charge is 2.17. The third kappa shape index (κ3) is 3.38. The molecule has 0 aliphatic heterocycles. The number of halogens is 1. The van der Waals surface area contributed by atoms with Gasteiger partial charge in [-0.25, -0.2) is 4.39 Å². The van der Waals surface area contributed by atoms with Crippen molar-refractivity contribution in [3.05, 3.63) is 52.0 Å². The number of thiophene rings is 1. The molecule has 108 valence electrons. The fraction of sp³-hybridized carbons (Fsp3) is 0.375. The highest BCUT2D eigenvalue weighted by atomic mass is 32.1. The van der Waals surface area contributed by atoms with Gasteiger partial charge in [0.25, 0.3) is 0 Å². The first kappa shape index (κ1) is 15.0. The number of anilines is 1. The van der Waals surface area contributed by atoms with Crippen LogP contribution in [0.15, 0.2) is 35.7 Å². The van der Waals surface area contributed by atoms with E-state index in [1.165, 1.54) is 10.9 Å². The van der Waals surface area contributed by atoms with Gasteiger partial charge < -0.3 is 10.6 Å². The monoisotopic (exact) mass is 292 g/mol. The van der Waals surface area contributed by atoms with Crippen molar-refractivity contribution >= 4 is 17.0 Å². The predicted octanol–water partition coefficient (Wildman–Crippen LogP) is 3.97. The van der Waals surface area contributed by atoms with Crippen LogP contribution in [0.25, 0.3) is 0 Å². The third-order valence-electron chi connectivity index (χ3n) is 3.50. The molecule has 4 heteroatoms. The number of hydrogen-bond donors (Lipinski definition) is 1. The van der Waals surface area contributed by atoms with E-state index in [-0.39, 0.29) is 17.9 Å². The van der Waals surface area contributed by atoms with E-state index in [0.29, 0.717) is 6.42 Å². The molecule has 2 rings (SSSR count). The van der Waals surface area contributed by atoms with Crippen LogP contribution in [-0.4, -0.2) is 13.1 Å². The summed E-state index contributed by atoms with van der Waals surface area (Å²) in [5.74, 6) is -0.207. The van der Waals surface area contributed by atoms with Gasteiger partial charge in [-0.05, 0) is 55.5 Å². The van der Waals surface area contributed by atoms with Crippen molar-refractivity contribution < 1.29 is 4.39 Å². The van der Waals surface area contributed by atoms with Crippen LogP contribution < -0.4 is 10.6 Å². The van der Waals surface area contributed by atoms with Gasteiger partial charge in [-0.3, -0.25) is 0 Å². The van der Waals surface area contributed by atoms with Crippen LogP contribution in [-0.2, 0) is 6.42 Å². The van der Waals surface area contributed by atoms with E-state index in [9.17, 15) is 4.39 Å². The Bertz CT molecular complexity index is 552. The number of hydrogen-bond acceptors (Lipinski definition) is 3. The largest absolute Gasteiger partial charge is 0.367 e. The molecule has 1 aromatic carbocycles. The molecule has 1 aromatic heterocycles. The van der Waals surface area contributed by atoms with Crippen molar-refractivity contribution in [1.82, 2.24) is 0 Å². The Balaban J connectivity index is 2.31. The molecule has 0 bridgehead atoms. The Morgan fingerprint density at radius 3 is 2.65 bits per heavy atom. The second kappa shape index (κ2) is 6.37. The van der Waals surface area contributed by atoms with Crippen LogP contribution in [0.2, 0.25) is 0 Å². The van der Waals surface area contributed by atoms with Crippen LogP contribution in [0, 0.1) is 5.82 Å². The van der Waals surface area contributed by atoms with Crippen molar-refractivity contribution in [3.8, 4) is 0 Å². The van der Waals surface area contributed by atoms with Crippen LogP contribution in [0.4, 0.5) is 10.1 Å². The Labute approximate surface area is 124 Å². The molecule has 0 saturated heterocycles. The summed E-state index contributed by atoms with van der Waals surface area (Å²) in [6, 6.07) is 9.40. The fourth-order valence-electron chi connectivity index (χ4n) is 2.34. The second-order valence-electron chi connectivity index (χ2n) is 5.26. The molecule has 20 heavy (non-hydrogen) atoms. The van der Waals surface area contributed by atoms with Crippen molar-refractivity contribution in [2.24, 2.45) is 5.73 Å². The summed E-state index contributed by atoms with van der Waals surface area (Å²) in [5, 5.41) is 2.08. The van der Waals surface area contributed by atoms with Gasteiger partial charge in [-0.1, -0.05) is 6.07 Å². The number of nitrogens with two attached hydrogens (primary N) is 1. The maximum Gasteiger partial charge on any atom is 0.123 e. The summed E-state index contributed by atoms with van der Waals surface area (Å²) in [6.07, 6.45) is 0.675. The molecule has 0 amide bonds. The van der Waals surface area contributed by atoms with Gasteiger partial charge in [0.1, 0.15) is 5.82 Å². The lowest BCUT2D eigenvalue weighted by Gasteiger charge is -2.29. The molecule has 0 aliphatic carbocycles. The van der Waals surface area contributed by atoms with Gasteiger partial charge in [0, 0.05) is 23.7 Å². The Hall–Kier alpha value is -1.39. The SMILES string of the molecule is CC(N)Cc1cc(F)ccc1N(C)C(C)c1cccs1. The van der Waals surface area contributed by atoms with E-state index >= 15 is 0 Å². The molecule has 2 atom stereocenters. The first-order valence-corrected chi connectivity index (χ1v) is 7.67. The molecule has 0 fully saturated rings. The van der Waals surface area contributed by atoms with E-state index in [0.717, 1.165) is 11.3 Å². The first-order chi connectivity index (χ1) is 9.49. The highest BCUT2D eigenvalue weighted by Crippen LogP contribution is 2.31. The van der Waals surface area contributed by atoms with Gasteiger partial charge in [-0.2, -0.15) is 0 Å². The van der Waals surface area contributed by atoms with E-state index < -0.39 is 0 Å². The minimum atomic E-state index is -0.207. The lowest BCUT2D eigenvalue weighted by Crippen LogP contribution is -2.24. The van der Waals surface area contributed by atoms with Crippen LogP contribution in [0.5, 0.6) is 0 Å². The Morgan fingerprint density at radius 2 is 2.05 bits per heavy atom. The van der Waals surface area contributed by atoms with Crippen molar-refractivity contribution in [3.63, 3.8) is 0 Å². The summed E-state index contributed by atoms with van der Waals surface area (Å²) < 4.78 is 13.5. The zero-order chi connectivity index (χ0) is 14.7. The Kier molecular flexibility index (Phi) is 4.78. The third-order valence-corrected chi connectivity index (χ3v) is 4.54. The van der Waals surface area contributed by atoms with E-state index in [1.807, 2.05) is 20.0 Å². The molecule has 2 nitrogen and oxygen atoms in total. The van der Waals surface area contributed by atoms with Gasteiger partial charge in [0.05, 0.1) is 6.04 Å². The zero-order valence-corrected chi connectivity index (χ0v) is 13.0. The van der Waals surface area contributed by atoms with Gasteiger partial charge in [-0.15, -0.1) is 11.3 Å². The smallest absolute Gasteiger partial charge is 0.123 e. The molecule has 0 spiro atoms. The maximum absolute atomic E-state index is 13.5. The average Bonchev–Trinajstić information content (AvgIpc) is 2.90. The molecular weight excluding hydrogens is 271 g/mol. The van der Waals surface area contributed by atoms with Crippen molar-refractivity contribution in [1.29, 1.82) is 0 Å². The summed E-state index contributed by atoms with van der Waals surface area (Å²) in [4.78, 5) is 3.48. The van der Waals surface area contributed by atoms with Crippen LogP contribution >= 0.6 is 11.3 Å². The summed E-state index contributed by atoms with van der Waals surface area (Å²) in [7, 11) is 2.04. The standard InChI is InChI=1S/C16H21FN2S/c1-11(18)9-13-10-14(17)6-7-15(13)19(3)12(2)16-5-4-8-20-16/h4-8,10-12H,9,18H2,1-3H3. The molecule has 0 radical (unpaired) electrons. The minimum Gasteiger partial charge on any atom is -0.367 e. The summed E-state index contributed by atoms with van der Waals surface area (Å²) in [5.41, 5.74) is 7.89. The summed E-state index contributed by atoms with van der Waals surface area (Å²) >= 11 is 1.74. The lowest BCUT2D eigenvalue weighted by atomic mass is 10.0. The van der Waals surface area contributed by atoms with E-state index in [2.05, 4.69) is 29.3 Å². The predicted molar refractivity (Wildman–Crippen MR) is 84.9 cm³/mol. The first-order valence-electron chi connectivity index (χ1n) is 6.79.